The number of epoxide rings is 1. The molecule has 4 heteroatoms. The Morgan fingerprint density at radius 2 is 2.25 bits per heavy atom. The first-order valence-electron chi connectivity index (χ1n) is 5.81. The summed E-state index contributed by atoms with van der Waals surface area (Å²) < 4.78 is 5.03. The molecular formula is C12H20O4. The number of allylic oxidation sites excluding steroid dienone is 1. The minimum atomic E-state index is -0.668. The van der Waals surface area contributed by atoms with Crippen LogP contribution in [0.5, 0.6) is 0 Å². The van der Waals surface area contributed by atoms with Gasteiger partial charge in [-0.25, -0.2) is 0 Å². The van der Waals surface area contributed by atoms with Gasteiger partial charge >= 0.3 is 0 Å². The van der Waals surface area contributed by atoms with E-state index in [0.29, 0.717) is 19.3 Å². The lowest BCUT2D eigenvalue weighted by Crippen LogP contribution is -2.15. The van der Waals surface area contributed by atoms with Crippen LogP contribution in [0.25, 0.3) is 0 Å². The van der Waals surface area contributed by atoms with Crippen LogP contribution in [0.4, 0.5) is 0 Å². The van der Waals surface area contributed by atoms with Crippen LogP contribution in [-0.2, 0) is 9.53 Å². The highest BCUT2D eigenvalue weighted by atomic mass is 16.6. The number of hydrogen-bond donors (Lipinski definition) is 2. The molecule has 0 unspecified atom stereocenters. The van der Waals surface area contributed by atoms with E-state index >= 15 is 0 Å². The lowest BCUT2D eigenvalue weighted by atomic mass is 10.1. The molecule has 3 atom stereocenters. The number of Topliss-reactive ketones (excluding diaryl/α,β-unsaturated/α-hetero) is 1. The fourth-order valence-corrected chi connectivity index (χ4v) is 1.60. The molecule has 0 amide bonds. The molecule has 0 aliphatic carbocycles. The Bertz CT molecular complexity index is 249. The maximum absolute atomic E-state index is 11.2. The summed E-state index contributed by atoms with van der Waals surface area (Å²) in [6.45, 7) is 1.93. The Hall–Kier alpha value is -0.710. The Morgan fingerprint density at radius 3 is 2.81 bits per heavy atom. The molecule has 16 heavy (non-hydrogen) atoms. The third-order valence-corrected chi connectivity index (χ3v) is 2.59. The normalized spacial score (nSPS) is 25.9. The first-order chi connectivity index (χ1) is 7.69. The van der Waals surface area contributed by atoms with E-state index < -0.39 is 6.10 Å². The van der Waals surface area contributed by atoms with Crippen molar-refractivity contribution in [3.8, 4) is 0 Å². The molecule has 1 heterocycles. The first kappa shape index (κ1) is 13.4. The van der Waals surface area contributed by atoms with Crippen molar-refractivity contribution in [2.24, 2.45) is 0 Å². The summed E-state index contributed by atoms with van der Waals surface area (Å²) in [4.78, 5) is 11.2. The number of hydrogen-bond acceptors (Lipinski definition) is 4. The molecule has 0 radical (unpaired) electrons. The van der Waals surface area contributed by atoms with Gasteiger partial charge < -0.3 is 14.9 Å². The van der Waals surface area contributed by atoms with Gasteiger partial charge in [0, 0.05) is 12.8 Å². The predicted octanol–water partition coefficient (Wildman–Crippen LogP) is 0.813. The van der Waals surface area contributed by atoms with Gasteiger partial charge in [-0.05, 0) is 12.8 Å². The summed E-state index contributed by atoms with van der Waals surface area (Å²) in [5.74, 6) is 0.262. The second-order valence-corrected chi connectivity index (χ2v) is 4.07. The van der Waals surface area contributed by atoms with E-state index in [0.717, 1.165) is 6.42 Å². The van der Waals surface area contributed by atoms with Crippen molar-refractivity contribution in [1.82, 2.24) is 0 Å². The number of carbonyl (C=O) groups excluding carboxylic acids is 1. The lowest BCUT2D eigenvalue weighted by Gasteiger charge is -1.99. The summed E-state index contributed by atoms with van der Waals surface area (Å²) in [6.07, 6.45) is 4.99. The molecule has 0 aromatic heterocycles. The van der Waals surface area contributed by atoms with Gasteiger partial charge in [-0.2, -0.15) is 0 Å². The Kier molecular flexibility index (Phi) is 5.66. The van der Waals surface area contributed by atoms with Crippen molar-refractivity contribution in [3.05, 3.63) is 12.2 Å². The maximum Gasteiger partial charge on any atom is 0.133 e. The van der Waals surface area contributed by atoms with Crippen molar-refractivity contribution in [1.29, 1.82) is 0 Å². The Balaban J connectivity index is 2.10. The fraction of sp³-hybridized carbons (Fsp3) is 0.750. The third-order valence-electron chi connectivity index (χ3n) is 2.59. The summed E-state index contributed by atoms with van der Waals surface area (Å²) in [5, 5.41) is 18.3. The van der Waals surface area contributed by atoms with Crippen LogP contribution in [-0.4, -0.2) is 40.9 Å². The van der Waals surface area contributed by atoms with Crippen LogP contribution < -0.4 is 0 Å². The molecule has 1 rings (SSSR count). The smallest absolute Gasteiger partial charge is 0.133 e. The Morgan fingerprint density at radius 1 is 1.50 bits per heavy atom. The minimum absolute atomic E-state index is 0.0510. The van der Waals surface area contributed by atoms with Gasteiger partial charge in [0.25, 0.3) is 0 Å². The third kappa shape index (κ3) is 4.43. The van der Waals surface area contributed by atoms with E-state index in [9.17, 15) is 9.90 Å². The number of ketones is 1. The number of aliphatic hydroxyl groups excluding tert-OH is 2. The van der Waals surface area contributed by atoms with Crippen molar-refractivity contribution in [2.75, 3.05) is 6.61 Å². The van der Waals surface area contributed by atoms with Gasteiger partial charge in [0.15, 0.2) is 0 Å². The van der Waals surface area contributed by atoms with Crippen LogP contribution in [0, 0.1) is 0 Å². The molecule has 0 spiro atoms. The quantitative estimate of drug-likeness (QED) is 0.476. The summed E-state index contributed by atoms with van der Waals surface area (Å²) in [5.41, 5.74) is 0. The topological polar surface area (TPSA) is 70.1 Å². The van der Waals surface area contributed by atoms with Crippen LogP contribution in [0.2, 0.25) is 0 Å². The van der Waals surface area contributed by atoms with E-state index in [4.69, 9.17) is 9.84 Å². The fourth-order valence-electron chi connectivity index (χ4n) is 1.60. The minimum Gasteiger partial charge on any atom is -0.394 e. The van der Waals surface area contributed by atoms with Gasteiger partial charge in [-0.1, -0.05) is 19.1 Å². The zero-order valence-electron chi connectivity index (χ0n) is 9.63. The highest BCUT2D eigenvalue weighted by Crippen LogP contribution is 2.25. The molecule has 1 saturated heterocycles. The maximum atomic E-state index is 11.2. The zero-order chi connectivity index (χ0) is 12.0. The summed E-state index contributed by atoms with van der Waals surface area (Å²) >= 11 is 0. The van der Waals surface area contributed by atoms with Crippen molar-refractivity contribution in [3.63, 3.8) is 0 Å². The lowest BCUT2D eigenvalue weighted by molar-refractivity contribution is -0.119. The second kappa shape index (κ2) is 6.78. The van der Waals surface area contributed by atoms with E-state index in [1.165, 1.54) is 0 Å². The standard InChI is InChI=1S/C12H20O4/c1-2-5-9(14)6-3-4-7-10(15)12-11(8-13)16-12/h4,7,10-13,15H,2-3,5-6,8H2,1H3/b7-4+/t10-,11-,12-/m0/s1. The molecular weight excluding hydrogens is 208 g/mol. The molecule has 4 nitrogen and oxygen atoms in total. The number of carbonyl (C=O) groups is 1. The van der Waals surface area contributed by atoms with Gasteiger partial charge in [0.2, 0.25) is 0 Å². The number of rotatable bonds is 8. The SMILES string of the molecule is CCCC(=O)CC/C=C/[C@H](O)[C@@H]1O[C@H]1CO. The van der Waals surface area contributed by atoms with E-state index in [-0.39, 0.29) is 24.6 Å². The molecule has 0 saturated carbocycles. The van der Waals surface area contributed by atoms with E-state index in [2.05, 4.69) is 0 Å². The molecule has 1 aliphatic heterocycles. The molecule has 2 N–H and O–H groups in total. The zero-order valence-corrected chi connectivity index (χ0v) is 9.63. The highest BCUT2D eigenvalue weighted by Gasteiger charge is 2.42. The van der Waals surface area contributed by atoms with Crippen molar-refractivity contribution >= 4 is 5.78 Å². The first-order valence-corrected chi connectivity index (χ1v) is 5.81. The number of aliphatic hydroxyl groups is 2. The summed E-state index contributed by atoms with van der Waals surface area (Å²) in [6, 6.07) is 0. The van der Waals surface area contributed by atoms with E-state index in [1.807, 2.05) is 6.92 Å². The van der Waals surface area contributed by atoms with Crippen LogP contribution >= 0.6 is 0 Å². The van der Waals surface area contributed by atoms with Gasteiger partial charge in [0.1, 0.15) is 24.1 Å². The highest BCUT2D eigenvalue weighted by molar-refractivity contribution is 5.78. The number of ether oxygens (including phenoxy) is 1. The van der Waals surface area contributed by atoms with Crippen LogP contribution in [0.3, 0.4) is 0 Å². The second-order valence-electron chi connectivity index (χ2n) is 4.07. The van der Waals surface area contributed by atoms with Gasteiger partial charge in [0.05, 0.1) is 6.61 Å². The monoisotopic (exact) mass is 228 g/mol. The average molecular weight is 228 g/mol. The summed E-state index contributed by atoms with van der Waals surface area (Å²) in [7, 11) is 0. The van der Waals surface area contributed by atoms with Crippen LogP contribution in [0.15, 0.2) is 12.2 Å². The van der Waals surface area contributed by atoms with Crippen molar-refractivity contribution < 1.29 is 19.7 Å². The molecule has 0 aromatic rings. The molecule has 0 bridgehead atoms. The van der Waals surface area contributed by atoms with Gasteiger partial charge in [-0.15, -0.1) is 0 Å². The molecule has 1 aliphatic rings. The predicted molar refractivity (Wildman–Crippen MR) is 60.0 cm³/mol. The van der Waals surface area contributed by atoms with Crippen molar-refractivity contribution in [2.45, 2.75) is 50.9 Å². The average Bonchev–Trinajstić information content (AvgIpc) is 3.03. The molecule has 1 fully saturated rings. The van der Waals surface area contributed by atoms with Gasteiger partial charge in [-0.3, -0.25) is 4.79 Å². The van der Waals surface area contributed by atoms with Crippen LogP contribution in [0.1, 0.15) is 32.6 Å². The largest absolute Gasteiger partial charge is 0.394 e. The Labute approximate surface area is 95.9 Å². The molecule has 0 aromatic carbocycles. The van der Waals surface area contributed by atoms with E-state index in [1.54, 1.807) is 12.2 Å². The molecule has 92 valence electrons.